The number of ether oxygens (including phenoxy) is 1. The predicted octanol–water partition coefficient (Wildman–Crippen LogP) is 3.19. The van der Waals surface area contributed by atoms with Gasteiger partial charge in [0.2, 0.25) is 0 Å². The van der Waals surface area contributed by atoms with Gasteiger partial charge in [-0.05, 0) is 61.6 Å². The van der Waals surface area contributed by atoms with E-state index in [-0.39, 0.29) is 0 Å². The van der Waals surface area contributed by atoms with Crippen LogP contribution in [0.5, 0.6) is 5.75 Å². The Balaban J connectivity index is 1.50. The van der Waals surface area contributed by atoms with Crippen LogP contribution >= 0.6 is 0 Å². The summed E-state index contributed by atoms with van der Waals surface area (Å²) in [5, 5.41) is 2.46. The molecule has 1 aromatic carbocycles. The summed E-state index contributed by atoms with van der Waals surface area (Å²) in [6.45, 7) is 2.08. The molecule has 0 bridgehead atoms. The van der Waals surface area contributed by atoms with Crippen LogP contribution in [0.15, 0.2) is 42.6 Å². The van der Waals surface area contributed by atoms with Crippen LogP contribution in [0.3, 0.4) is 0 Å². The second-order valence-electron chi connectivity index (χ2n) is 5.95. The van der Waals surface area contributed by atoms with E-state index >= 15 is 0 Å². The Morgan fingerprint density at radius 3 is 3.00 bits per heavy atom. The molecule has 3 rings (SSSR count). The van der Waals surface area contributed by atoms with Crippen LogP contribution in [0.2, 0.25) is 0 Å². The molecule has 0 atom stereocenters. The summed E-state index contributed by atoms with van der Waals surface area (Å²) in [5.41, 5.74) is 3.67. The molecule has 0 radical (unpaired) electrons. The number of rotatable bonds is 6. The molecule has 1 aliphatic heterocycles. The average Bonchev–Trinajstić information content (AvgIpc) is 3.02. The number of hydrogen-bond acceptors (Lipinski definition) is 4. The highest BCUT2D eigenvalue weighted by Gasteiger charge is 2.19. The summed E-state index contributed by atoms with van der Waals surface area (Å²) in [4.78, 5) is 18.1. The number of aryl methyl sites for hydroxylation is 1. The van der Waals surface area contributed by atoms with E-state index in [1.54, 1.807) is 7.05 Å². The molecule has 1 aromatic heterocycles. The molecule has 1 N–H and O–H groups in total. The van der Waals surface area contributed by atoms with Gasteiger partial charge in [-0.25, -0.2) is 4.79 Å². The maximum Gasteiger partial charge on any atom is 0.412 e. The number of anilines is 1. The van der Waals surface area contributed by atoms with Crippen LogP contribution in [0.4, 0.5) is 10.5 Å². The van der Waals surface area contributed by atoms with Crippen molar-refractivity contribution in [2.75, 3.05) is 25.0 Å². The normalized spacial score (nSPS) is 12.8. The average molecular weight is 325 g/mol. The Morgan fingerprint density at radius 1 is 1.29 bits per heavy atom. The summed E-state index contributed by atoms with van der Waals surface area (Å²) in [7, 11) is 1.56. The Kier molecular flexibility index (Phi) is 5.31. The lowest BCUT2D eigenvalue weighted by Gasteiger charge is -2.19. The van der Waals surface area contributed by atoms with Crippen molar-refractivity contribution < 1.29 is 9.53 Å². The zero-order valence-electron chi connectivity index (χ0n) is 14.0. The molecule has 5 nitrogen and oxygen atoms in total. The number of hydrogen-bond donors (Lipinski definition) is 1. The molecule has 0 aliphatic carbocycles. The van der Waals surface area contributed by atoms with Crippen LogP contribution in [0.25, 0.3) is 0 Å². The van der Waals surface area contributed by atoms with E-state index in [2.05, 4.69) is 27.3 Å². The van der Waals surface area contributed by atoms with Crippen molar-refractivity contribution in [3.63, 3.8) is 0 Å². The maximum atomic E-state index is 11.3. The minimum Gasteiger partial charge on any atom is -0.410 e. The standard InChI is InChI=1S/C19H23N3O2/c1-20-19(23)24-17-8-9-18-15(14-17)10-13-22(18)12-5-3-7-16-6-2-4-11-21-16/h2,4,6,8-9,11,14H,3,5,7,10,12-13H2,1H3,(H,20,23). The Hall–Kier alpha value is -2.56. The zero-order chi connectivity index (χ0) is 16.8. The fourth-order valence-corrected chi connectivity index (χ4v) is 3.06. The lowest BCUT2D eigenvalue weighted by atomic mass is 10.1. The van der Waals surface area contributed by atoms with Gasteiger partial charge in [-0.1, -0.05) is 6.07 Å². The van der Waals surface area contributed by atoms with E-state index in [0.717, 1.165) is 44.5 Å². The van der Waals surface area contributed by atoms with Crippen LogP contribution < -0.4 is 15.0 Å². The van der Waals surface area contributed by atoms with Gasteiger partial charge in [-0.3, -0.25) is 4.98 Å². The first kappa shape index (κ1) is 16.3. The highest BCUT2D eigenvalue weighted by molar-refractivity contribution is 5.71. The molecule has 2 heterocycles. The lowest BCUT2D eigenvalue weighted by Crippen LogP contribution is -2.22. The van der Waals surface area contributed by atoms with E-state index in [0.29, 0.717) is 5.75 Å². The van der Waals surface area contributed by atoms with Crippen molar-refractivity contribution in [3.05, 3.63) is 53.9 Å². The molecule has 5 heteroatoms. The summed E-state index contributed by atoms with van der Waals surface area (Å²) < 4.78 is 5.20. The van der Waals surface area contributed by atoms with E-state index in [4.69, 9.17) is 4.74 Å². The van der Waals surface area contributed by atoms with E-state index in [1.807, 2.05) is 30.5 Å². The fourth-order valence-electron chi connectivity index (χ4n) is 3.06. The van der Waals surface area contributed by atoms with Crippen molar-refractivity contribution in [2.45, 2.75) is 25.7 Å². The molecule has 0 fully saturated rings. The molecular weight excluding hydrogens is 302 g/mol. The van der Waals surface area contributed by atoms with E-state index < -0.39 is 6.09 Å². The van der Waals surface area contributed by atoms with Crippen molar-refractivity contribution in [3.8, 4) is 5.75 Å². The number of pyridine rings is 1. The summed E-state index contributed by atoms with van der Waals surface area (Å²) in [6.07, 6.45) is 5.73. The van der Waals surface area contributed by atoms with Crippen molar-refractivity contribution in [2.24, 2.45) is 0 Å². The number of aromatic nitrogens is 1. The Morgan fingerprint density at radius 2 is 2.21 bits per heavy atom. The second kappa shape index (κ2) is 7.81. The first-order valence-corrected chi connectivity index (χ1v) is 8.43. The van der Waals surface area contributed by atoms with Gasteiger partial charge in [0.1, 0.15) is 5.75 Å². The molecule has 1 aliphatic rings. The van der Waals surface area contributed by atoms with Crippen molar-refractivity contribution in [1.82, 2.24) is 10.3 Å². The molecule has 0 unspecified atom stereocenters. The molecule has 0 spiro atoms. The van der Waals surface area contributed by atoms with Crippen molar-refractivity contribution in [1.29, 1.82) is 0 Å². The monoisotopic (exact) mass is 325 g/mol. The lowest BCUT2D eigenvalue weighted by molar-refractivity contribution is 0.203. The highest BCUT2D eigenvalue weighted by atomic mass is 16.5. The van der Waals surface area contributed by atoms with Gasteiger partial charge < -0.3 is 15.0 Å². The Labute approximate surface area is 142 Å². The van der Waals surface area contributed by atoms with Gasteiger partial charge in [-0.2, -0.15) is 0 Å². The first-order chi connectivity index (χ1) is 11.8. The Bertz CT molecular complexity index is 688. The molecule has 2 aromatic rings. The molecular formula is C19H23N3O2. The van der Waals surface area contributed by atoms with Gasteiger partial charge in [0, 0.05) is 37.7 Å². The number of nitrogens with zero attached hydrogens (tertiary/aromatic N) is 2. The van der Waals surface area contributed by atoms with E-state index in [1.165, 1.54) is 11.3 Å². The van der Waals surface area contributed by atoms with E-state index in [9.17, 15) is 4.79 Å². The number of carbonyl (C=O) groups is 1. The van der Waals surface area contributed by atoms with Crippen LogP contribution in [-0.4, -0.2) is 31.2 Å². The van der Waals surface area contributed by atoms with Gasteiger partial charge in [0.15, 0.2) is 0 Å². The summed E-state index contributed by atoms with van der Waals surface area (Å²) in [6, 6.07) is 12.0. The minimum atomic E-state index is -0.431. The molecule has 1 amide bonds. The number of unbranched alkanes of at least 4 members (excludes halogenated alkanes) is 1. The van der Waals surface area contributed by atoms with Gasteiger partial charge in [-0.15, -0.1) is 0 Å². The third-order valence-corrected chi connectivity index (χ3v) is 4.29. The van der Waals surface area contributed by atoms with Crippen LogP contribution in [0.1, 0.15) is 24.1 Å². The summed E-state index contributed by atoms with van der Waals surface area (Å²) >= 11 is 0. The quantitative estimate of drug-likeness (QED) is 0.829. The molecule has 0 saturated heterocycles. The van der Waals surface area contributed by atoms with Crippen LogP contribution in [0, 0.1) is 0 Å². The topological polar surface area (TPSA) is 54.5 Å². The second-order valence-corrected chi connectivity index (χ2v) is 5.95. The molecule has 126 valence electrons. The number of fused-ring (bicyclic) bond motifs is 1. The SMILES string of the molecule is CNC(=O)Oc1ccc2c(c1)CCN2CCCCc1ccccn1. The van der Waals surface area contributed by atoms with Gasteiger partial charge in [0.25, 0.3) is 0 Å². The number of benzene rings is 1. The summed E-state index contributed by atoms with van der Waals surface area (Å²) in [5.74, 6) is 0.602. The smallest absolute Gasteiger partial charge is 0.410 e. The third-order valence-electron chi connectivity index (χ3n) is 4.29. The fraction of sp³-hybridized carbons (Fsp3) is 0.368. The van der Waals surface area contributed by atoms with Crippen molar-refractivity contribution >= 4 is 11.8 Å². The number of amides is 1. The number of nitrogens with one attached hydrogen (secondary N) is 1. The number of carbonyl (C=O) groups excluding carboxylic acids is 1. The zero-order valence-corrected chi connectivity index (χ0v) is 14.0. The molecule has 0 saturated carbocycles. The first-order valence-electron chi connectivity index (χ1n) is 8.43. The van der Waals surface area contributed by atoms with Crippen LogP contribution in [-0.2, 0) is 12.8 Å². The van der Waals surface area contributed by atoms with Gasteiger partial charge >= 0.3 is 6.09 Å². The van der Waals surface area contributed by atoms with Gasteiger partial charge in [0.05, 0.1) is 0 Å². The third kappa shape index (κ3) is 4.04. The molecule has 24 heavy (non-hydrogen) atoms. The minimum absolute atomic E-state index is 0.431. The largest absolute Gasteiger partial charge is 0.412 e. The maximum absolute atomic E-state index is 11.3. The highest BCUT2D eigenvalue weighted by Crippen LogP contribution is 2.31. The predicted molar refractivity (Wildman–Crippen MR) is 94.6 cm³/mol.